The maximum absolute atomic E-state index is 13.2. The third-order valence-corrected chi connectivity index (χ3v) is 5.83. The standard InChI is InChI=1S/C19H21FN2O3S/c1-14(22(26(2,24)25)18-9-7-17(20)8-10-18)19(23)21-12-11-15-5-3-4-6-16(15)13-21/h3-10,14H,11-13H2,1-2H3/t14-/m0/s1. The Hall–Kier alpha value is -2.41. The second-order valence-corrected chi connectivity index (χ2v) is 8.35. The fourth-order valence-corrected chi connectivity index (χ4v) is 4.51. The zero-order valence-corrected chi connectivity index (χ0v) is 15.5. The van der Waals surface area contributed by atoms with E-state index in [9.17, 15) is 17.6 Å². The van der Waals surface area contributed by atoms with Crippen LogP contribution < -0.4 is 4.31 Å². The Morgan fingerprint density at radius 1 is 1.12 bits per heavy atom. The summed E-state index contributed by atoms with van der Waals surface area (Å²) in [6.07, 6.45) is 1.79. The lowest BCUT2D eigenvalue weighted by Gasteiger charge is -2.35. The molecule has 1 aliphatic heterocycles. The molecule has 0 radical (unpaired) electrons. The number of carbonyl (C=O) groups excluding carboxylic acids is 1. The molecular formula is C19H21FN2O3S. The lowest BCUT2D eigenvalue weighted by Crippen LogP contribution is -2.50. The minimum absolute atomic E-state index is 0.269. The highest BCUT2D eigenvalue weighted by Gasteiger charge is 2.33. The molecule has 2 aromatic carbocycles. The van der Waals surface area contributed by atoms with Gasteiger partial charge in [-0.1, -0.05) is 24.3 Å². The second kappa shape index (κ2) is 7.07. The number of halogens is 1. The van der Waals surface area contributed by atoms with Crippen molar-refractivity contribution in [2.75, 3.05) is 17.1 Å². The first-order valence-corrected chi connectivity index (χ1v) is 10.2. The number of fused-ring (bicyclic) bond motifs is 1. The third kappa shape index (κ3) is 3.72. The summed E-state index contributed by atoms with van der Waals surface area (Å²) < 4.78 is 38.9. The fourth-order valence-electron chi connectivity index (χ4n) is 3.34. The maximum Gasteiger partial charge on any atom is 0.246 e. The van der Waals surface area contributed by atoms with Crippen molar-refractivity contribution in [3.05, 3.63) is 65.5 Å². The predicted octanol–water partition coefficient (Wildman–Crippen LogP) is 2.57. The van der Waals surface area contributed by atoms with E-state index in [4.69, 9.17) is 0 Å². The van der Waals surface area contributed by atoms with Gasteiger partial charge in [0.2, 0.25) is 15.9 Å². The lowest BCUT2D eigenvalue weighted by molar-refractivity contribution is -0.132. The molecule has 0 spiro atoms. The molecule has 0 fully saturated rings. The van der Waals surface area contributed by atoms with Gasteiger partial charge in [-0.2, -0.15) is 0 Å². The van der Waals surface area contributed by atoms with Crippen LogP contribution in [0.2, 0.25) is 0 Å². The van der Waals surface area contributed by atoms with E-state index in [0.717, 1.165) is 22.5 Å². The molecule has 1 heterocycles. The number of anilines is 1. The van der Waals surface area contributed by atoms with Crippen molar-refractivity contribution in [3.63, 3.8) is 0 Å². The minimum atomic E-state index is -3.71. The summed E-state index contributed by atoms with van der Waals surface area (Å²) in [5, 5.41) is 0. The Morgan fingerprint density at radius 3 is 2.35 bits per heavy atom. The van der Waals surface area contributed by atoms with Gasteiger partial charge >= 0.3 is 0 Å². The first kappa shape index (κ1) is 18.4. The van der Waals surface area contributed by atoms with Gasteiger partial charge in [0.15, 0.2) is 0 Å². The highest BCUT2D eigenvalue weighted by atomic mass is 32.2. The molecule has 0 unspecified atom stereocenters. The minimum Gasteiger partial charge on any atom is -0.336 e. The molecule has 0 aliphatic carbocycles. The summed E-state index contributed by atoms with van der Waals surface area (Å²) in [4.78, 5) is 14.7. The summed E-state index contributed by atoms with van der Waals surface area (Å²) >= 11 is 0. The van der Waals surface area contributed by atoms with Gasteiger partial charge in [0.25, 0.3) is 0 Å². The first-order valence-electron chi connectivity index (χ1n) is 8.38. The summed E-state index contributed by atoms with van der Waals surface area (Å²) in [7, 11) is -3.71. The molecule has 26 heavy (non-hydrogen) atoms. The van der Waals surface area contributed by atoms with Gasteiger partial charge in [0.05, 0.1) is 11.9 Å². The van der Waals surface area contributed by atoms with Crippen molar-refractivity contribution in [2.24, 2.45) is 0 Å². The molecule has 0 bridgehead atoms. The van der Waals surface area contributed by atoms with Gasteiger partial charge in [-0.15, -0.1) is 0 Å². The third-order valence-electron chi connectivity index (χ3n) is 4.59. The van der Waals surface area contributed by atoms with Crippen molar-refractivity contribution in [1.82, 2.24) is 4.90 Å². The van der Waals surface area contributed by atoms with Crippen LogP contribution >= 0.6 is 0 Å². The molecule has 2 aromatic rings. The van der Waals surface area contributed by atoms with Gasteiger partial charge in [-0.3, -0.25) is 9.10 Å². The number of sulfonamides is 1. The molecule has 0 aromatic heterocycles. The maximum atomic E-state index is 13.2. The highest BCUT2D eigenvalue weighted by Crippen LogP contribution is 2.24. The van der Waals surface area contributed by atoms with E-state index < -0.39 is 21.9 Å². The number of hydrogen-bond acceptors (Lipinski definition) is 3. The van der Waals surface area contributed by atoms with Crippen LogP contribution in [0, 0.1) is 5.82 Å². The first-order chi connectivity index (χ1) is 12.3. The molecule has 1 atom stereocenters. The van der Waals surface area contributed by atoms with Crippen molar-refractivity contribution >= 4 is 21.6 Å². The van der Waals surface area contributed by atoms with Crippen molar-refractivity contribution in [1.29, 1.82) is 0 Å². The van der Waals surface area contributed by atoms with E-state index in [1.54, 1.807) is 11.8 Å². The second-order valence-electron chi connectivity index (χ2n) is 6.49. The zero-order valence-electron chi connectivity index (χ0n) is 14.7. The van der Waals surface area contributed by atoms with Gasteiger partial charge in [0, 0.05) is 13.1 Å². The van der Waals surface area contributed by atoms with Crippen LogP contribution in [0.4, 0.5) is 10.1 Å². The molecule has 0 N–H and O–H groups in total. The Labute approximate surface area is 153 Å². The Kier molecular flexibility index (Phi) is 5.00. The van der Waals surface area contributed by atoms with Crippen LogP contribution in [0.15, 0.2) is 48.5 Å². The van der Waals surface area contributed by atoms with Crippen LogP contribution in [-0.4, -0.2) is 38.1 Å². The fraction of sp³-hybridized carbons (Fsp3) is 0.316. The zero-order chi connectivity index (χ0) is 18.9. The van der Waals surface area contributed by atoms with Crippen molar-refractivity contribution in [2.45, 2.75) is 25.9 Å². The summed E-state index contributed by atoms with van der Waals surface area (Å²) in [5.41, 5.74) is 2.56. The molecular weight excluding hydrogens is 355 g/mol. The molecule has 138 valence electrons. The number of amides is 1. The molecule has 1 aliphatic rings. The van der Waals surface area contributed by atoms with Gasteiger partial charge in [0.1, 0.15) is 11.9 Å². The number of benzene rings is 2. The van der Waals surface area contributed by atoms with Crippen LogP contribution in [0.5, 0.6) is 0 Å². The molecule has 3 rings (SSSR count). The summed E-state index contributed by atoms with van der Waals surface area (Å²) in [6, 6.07) is 12.1. The van der Waals surface area contributed by atoms with Crippen LogP contribution in [0.25, 0.3) is 0 Å². The number of nitrogens with zero attached hydrogens (tertiary/aromatic N) is 2. The van der Waals surface area contributed by atoms with Crippen molar-refractivity contribution < 1.29 is 17.6 Å². The lowest BCUT2D eigenvalue weighted by atomic mass is 9.99. The molecule has 5 nitrogen and oxygen atoms in total. The topological polar surface area (TPSA) is 57.7 Å². The Balaban J connectivity index is 1.86. The average molecular weight is 376 g/mol. The molecule has 1 amide bonds. The van der Waals surface area contributed by atoms with Crippen LogP contribution in [0.1, 0.15) is 18.1 Å². The monoisotopic (exact) mass is 376 g/mol. The van der Waals surface area contributed by atoms with E-state index in [1.807, 2.05) is 24.3 Å². The molecule has 0 saturated carbocycles. The van der Waals surface area contributed by atoms with E-state index in [-0.39, 0.29) is 11.6 Å². The van der Waals surface area contributed by atoms with Crippen molar-refractivity contribution in [3.8, 4) is 0 Å². The molecule has 7 heteroatoms. The predicted molar refractivity (Wildman–Crippen MR) is 98.7 cm³/mol. The quantitative estimate of drug-likeness (QED) is 0.824. The Morgan fingerprint density at radius 2 is 1.73 bits per heavy atom. The van der Waals surface area contributed by atoms with E-state index in [0.29, 0.717) is 13.1 Å². The van der Waals surface area contributed by atoms with E-state index in [1.165, 1.54) is 29.8 Å². The van der Waals surface area contributed by atoms with E-state index in [2.05, 4.69) is 0 Å². The normalized spacial score (nSPS) is 15.3. The van der Waals surface area contributed by atoms with Crippen LogP contribution in [0.3, 0.4) is 0 Å². The SMILES string of the molecule is C[C@@H](C(=O)N1CCc2ccccc2C1)N(c1ccc(F)cc1)S(C)(=O)=O. The van der Waals surface area contributed by atoms with Crippen LogP contribution in [-0.2, 0) is 27.8 Å². The summed E-state index contributed by atoms with van der Waals surface area (Å²) in [6.45, 7) is 2.56. The number of hydrogen-bond donors (Lipinski definition) is 0. The Bertz CT molecular complexity index is 913. The van der Waals surface area contributed by atoms with Gasteiger partial charge in [-0.05, 0) is 48.7 Å². The molecule has 0 saturated heterocycles. The van der Waals surface area contributed by atoms with E-state index >= 15 is 0 Å². The highest BCUT2D eigenvalue weighted by molar-refractivity contribution is 7.92. The summed E-state index contributed by atoms with van der Waals surface area (Å²) in [5.74, 6) is -0.733. The number of carbonyl (C=O) groups is 1. The smallest absolute Gasteiger partial charge is 0.246 e. The largest absolute Gasteiger partial charge is 0.336 e. The average Bonchev–Trinajstić information content (AvgIpc) is 2.61. The number of rotatable bonds is 4. The van der Waals surface area contributed by atoms with Gasteiger partial charge in [-0.25, -0.2) is 12.8 Å². The van der Waals surface area contributed by atoms with Gasteiger partial charge < -0.3 is 4.90 Å².